The predicted molar refractivity (Wildman–Crippen MR) is 89.9 cm³/mol. The summed E-state index contributed by atoms with van der Waals surface area (Å²) in [7, 11) is 2.91. The van der Waals surface area contributed by atoms with Crippen molar-refractivity contribution < 1.29 is 19.1 Å². The minimum Gasteiger partial charge on any atom is -0.497 e. The van der Waals surface area contributed by atoms with Gasteiger partial charge in [0, 0.05) is 5.56 Å². The highest BCUT2D eigenvalue weighted by Gasteiger charge is 2.11. The lowest BCUT2D eigenvalue weighted by molar-refractivity contribution is -0.137. The summed E-state index contributed by atoms with van der Waals surface area (Å²) in [5.74, 6) is 0.440. The summed E-state index contributed by atoms with van der Waals surface area (Å²) in [4.78, 5) is 22.7. The van der Waals surface area contributed by atoms with Gasteiger partial charge in [-0.25, -0.2) is 0 Å². The molecular formula is C14H15N3O4S2. The van der Waals surface area contributed by atoms with Gasteiger partial charge >= 0.3 is 5.97 Å². The van der Waals surface area contributed by atoms with Gasteiger partial charge in [0.25, 0.3) is 0 Å². The van der Waals surface area contributed by atoms with Gasteiger partial charge in [0.05, 0.1) is 25.7 Å². The Morgan fingerprint density at radius 2 is 1.91 bits per heavy atom. The molecule has 1 N–H and O–H groups in total. The van der Waals surface area contributed by atoms with E-state index in [1.807, 2.05) is 24.3 Å². The first-order valence-corrected chi connectivity index (χ1v) is 8.52. The number of carbonyl (C=O) groups excluding carboxylic acids is 2. The number of aromatic nitrogens is 2. The molecule has 23 heavy (non-hydrogen) atoms. The minimum absolute atomic E-state index is 0.136. The number of benzene rings is 1. The molecule has 0 atom stereocenters. The van der Waals surface area contributed by atoms with Crippen molar-refractivity contribution in [2.45, 2.75) is 0 Å². The van der Waals surface area contributed by atoms with Crippen LogP contribution in [0.4, 0.5) is 5.13 Å². The van der Waals surface area contributed by atoms with E-state index in [0.29, 0.717) is 10.1 Å². The maximum atomic E-state index is 11.7. The molecule has 1 aromatic heterocycles. The fourth-order valence-corrected chi connectivity index (χ4v) is 2.97. The Bertz CT molecular complexity index is 673. The van der Waals surface area contributed by atoms with Crippen LogP contribution >= 0.6 is 23.1 Å². The highest BCUT2D eigenvalue weighted by atomic mass is 32.2. The number of hydrogen-bond acceptors (Lipinski definition) is 8. The first kappa shape index (κ1) is 17.2. The number of nitrogens with zero attached hydrogens (tertiary/aromatic N) is 2. The number of amides is 1. The Hall–Kier alpha value is -2.13. The molecule has 0 radical (unpaired) electrons. The first-order valence-electron chi connectivity index (χ1n) is 6.54. The molecule has 7 nitrogen and oxygen atoms in total. The molecule has 2 rings (SSSR count). The third-order valence-corrected chi connectivity index (χ3v) is 4.48. The van der Waals surface area contributed by atoms with Crippen molar-refractivity contribution in [2.24, 2.45) is 0 Å². The molecule has 0 unspecified atom stereocenters. The van der Waals surface area contributed by atoms with E-state index in [1.165, 1.54) is 30.2 Å². The van der Waals surface area contributed by atoms with Crippen LogP contribution in [0.25, 0.3) is 10.6 Å². The Balaban J connectivity index is 1.88. The number of anilines is 1. The van der Waals surface area contributed by atoms with Crippen molar-refractivity contribution >= 4 is 40.1 Å². The normalized spacial score (nSPS) is 10.2. The van der Waals surface area contributed by atoms with Gasteiger partial charge in [-0.2, -0.15) is 0 Å². The molecule has 0 aliphatic heterocycles. The van der Waals surface area contributed by atoms with Gasteiger partial charge in [0.15, 0.2) is 0 Å². The maximum absolute atomic E-state index is 11.7. The zero-order chi connectivity index (χ0) is 16.7. The molecule has 0 aliphatic rings. The van der Waals surface area contributed by atoms with Crippen molar-refractivity contribution in [2.75, 3.05) is 31.0 Å². The second-order valence-electron chi connectivity index (χ2n) is 4.26. The Kier molecular flexibility index (Phi) is 6.36. The van der Waals surface area contributed by atoms with Crippen LogP contribution in [0, 0.1) is 0 Å². The molecule has 0 aliphatic carbocycles. The van der Waals surface area contributed by atoms with E-state index in [9.17, 15) is 9.59 Å². The summed E-state index contributed by atoms with van der Waals surface area (Å²) >= 11 is 2.45. The summed E-state index contributed by atoms with van der Waals surface area (Å²) in [6, 6.07) is 7.41. The topological polar surface area (TPSA) is 90.4 Å². The van der Waals surface area contributed by atoms with Crippen LogP contribution in [-0.4, -0.2) is 47.8 Å². The fourth-order valence-electron chi connectivity index (χ4n) is 1.57. The Morgan fingerprint density at radius 1 is 1.17 bits per heavy atom. The monoisotopic (exact) mass is 353 g/mol. The van der Waals surface area contributed by atoms with E-state index >= 15 is 0 Å². The van der Waals surface area contributed by atoms with Gasteiger partial charge in [0.1, 0.15) is 10.8 Å². The third-order valence-electron chi connectivity index (χ3n) is 2.69. The lowest BCUT2D eigenvalue weighted by atomic mass is 10.2. The highest BCUT2D eigenvalue weighted by molar-refractivity contribution is 8.00. The molecule has 0 saturated carbocycles. The van der Waals surface area contributed by atoms with Gasteiger partial charge in [-0.15, -0.1) is 22.0 Å². The summed E-state index contributed by atoms with van der Waals surface area (Å²) in [5.41, 5.74) is 0.892. The number of rotatable bonds is 7. The standard InChI is InChI=1S/C14H15N3O4S2/c1-20-10-5-3-9(4-6-10)13-16-17-14(23-13)15-11(18)7-22-8-12(19)21-2/h3-6H,7-8H2,1-2H3,(H,15,17,18). The quantitative estimate of drug-likeness (QED) is 0.762. The van der Waals surface area contributed by atoms with E-state index in [4.69, 9.17) is 4.74 Å². The van der Waals surface area contributed by atoms with Crippen molar-refractivity contribution in [3.05, 3.63) is 24.3 Å². The van der Waals surface area contributed by atoms with Crippen molar-refractivity contribution in [1.82, 2.24) is 10.2 Å². The van der Waals surface area contributed by atoms with E-state index in [1.54, 1.807) is 7.11 Å². The zero-order valence-corrected chi connectivity index (χ0v) is 14.2. The van der Waals surface area contributed by atoms with Crippen molar-refractivity contribution in [3.63, 3.8) is 0 Å². The molecule has 0 fully saturated rings. The largest absolute Gasteiger partial charge is 0.497 e. The average molecular weight is 353 g/mol. The van der Waals surface area contributed by atoms with Crippen LogP contribution in [0.5, 0.6) is 5.75 Å². The number of hydrogen-bond donors (Lipinski definition) is 1. The van der Waals surface area contributed by atoms with Gasteiger partial charge < -0.3 is 9.47 Å². The van der Waals surface area contributed by atoms with E-state index in [2.05, 4.69) is 20.3 Å². The maximum Gasteiger partial charge on any atom is 0.315 e. The van der Waals surface area contributed by atoms with Crippen LogP contribution in [-0.2, 0) is 14.3 Å². The first-order chi connectivity index (χ1) is 11.1. The third kappa shape index (κ3) is 5.22. The Labute approximate surface area is 141 Å². The van der Waals surface area contributed by atoms with Gasteiger partial charge in [-0.3, -0.25) is 14.9 Å². The molecule has 0 saturated heterocycles. The van der Waals surface area contributed by atoms with Crippen LogP contribution in [0.3, 0.4) is 0 Å². The molecule has 1 heterocycles. The molecule has 9 heteroatoms. The number of esters is 1. The van der Waals surface area contributed by atoms with Crippen molar-refractivity contribution in [1.29, 1.82) is 0 Å². The molecular weight excluding hydrogens is 338 g/mol. The zero-order valence-electron chi connectivity index (χ0n) is 12.6. The lowest BCUT2D eigenvalue weighted by Crippen LogP contribution is -2.15. The number of carbonyl (C=O) groups is 2. The Morgan fingerprint density at radius 3 is 2.57 bits per heavy atom. The molecule has 2 aromatic rings. The van der Waals surface area contributed by atoms with Gasteiger partial charge in [-0.1, -0.05) is 11.3 Å². The molecule has 122 valence electrons. The fraction of sp³-hybridized carbons (Fsp3) is 0.286. The summed E-state index contributed by atoms with van der Waals surface area (Å²) < 4.78 is 9.60. The predicted octanol–water partition coefficient (Wildman–Crippen LogP) is 2.06. The van der Waals surface area contributed by atoms with E-state index in [-0.39, 0.29) is 23.4 Å². The molecule has 0 bridgehead atoms. The second kappa shape index (κ2) is 8.49. The minimum atomic E-state index is -0.361. The molecule has 1 amide bonds. The van der Waals surface area contributed by atoms with E-state index in [0.717, 1.165) is 11.3 Å². The summed E-state index contributed by atoms with van der Waals surface area (Å²) in [6.07, 6.45) is 0. The van der Waals surface area contributed by atoms with Crippen LogP contribution < -0.4 is 10.1 Å². The van der Waals surface area contributed by atoms with Crippen LogP contribution in [0.15, 0.2) is 24.3 Å². The van der Waals surface area contributed by atoms with E-state index < -0.39 is 0 Å². The number of ether oxygens (including phenoxy) is 2. The average Bonchev–Trinajstić information content (AvgIpc) is 3.03. The number of nitrogens with one attached hydrogen (secondary N) is 1. The van der Waals surface area contributed by atoms with Crippen molar-refractivity contribution in [3.8, 4) is 16.3 Å². The molecule has 0 spiro atoms. The smallest absolute Gasteiger partial charge is 0.315 e. The van der Waals surface area contributed by atoms with Crippen LogP contribution in [0.1, 0.15) is 0 Å². The SMILES string of the molecule is COC(=O)CSCC(=O)Nc1nnc(-c2ccc(OC)cc2)s1. The summed E-state index contributed by atoms with van der Waals surface area (Å²) in [6.45, 7) is 0. The van der Waals surface area contributed by atoms with Gasteiger partial charge in [-0.05, 0) is 24.3 Å². The number of methoxy groups -OCH3 is 2. The second-order valence-corrected chi connectivity index (χ2v) is 6.22. The van der Waals surface area contributed by atoms with Gasteiger partial charge in [0.2, 0.25) is 11.0 Å². The lowest BCUT2D eigenvalue weighted by Gasteiger charge is -2.01. The number of thioether (sulfide) groups is 1. The highest BCUT2D eigenvalue weighted by Crippen LogP contribution is 2.27. The molecule has 1 aromatic carbocycles. The van der Waals surface area contributed by atoms with Crippen LogP contribution in [0.2, 0.25) is 0 Å². The summed E-state index contributed by atoms with van der Waals surface area (Å²) in [5, 5.41) is 11.8.